The van der Waals surface area contributed by atoms with Crippen LogP contribution >= 0.6 is 0 Å². The van der Waals surface area contributed by atoms with Crippen molar-refractivity contribution in [3.05, 3.63) is 71.7 Å². The van der Waals surface area contributed by atoms with E-state index in [9.17, 15) is 18.0 Å². The maximum atomic E-state index is 13.7. The summed E-state index contributed by atoms with van der Waals surface area (Å²) in [5.41, 5.74) is 0.365. The minimum atomic E-state index is -1.70. The van der Waals surface area contributed by atoms with Crippen molar-refractivity contribution >= 4 is 23.1 Å². The Morgan fingerprint density at radius 3 is 2.50 bits per heavy atom. The third kappa shape index (κ3) is 3.41. The Morgan fingerprint density at radius 1 is 0.929 bits per heavy atom. The molecule has 28 heavy (non-hydrogen) atoms. The molecule has 2 aromatic carbocycles. The Hall–Kier alpha value is -3.75. The molecular weight excluding hydrogens is 375 g/mol. The Morgan fingerprint density at radius 2 is 1.71 bits per heavy atom. The van der Waals surface area contributed by atoms with E-state index < -0.39 is 28.9 Å². The Balaban J connectivity index is 1.45. The van der Waals surface area contributed by atoms with Gasteiger partial charge in [0.15, 0.2) is 29.0 Å². The standard InChI is InChI=1S/C19H12F3N3O3/c20-13-4-3-12(17(21)18(13)22)19(26)25-11-2-6-16(23-8-11)24-10-1-5-14-15(7-10)28-9-27-14/h1-8H,9H2,(H,23,24)(H,25,26). The lowest BCUT2D eigenvalue weighted by Gasteiger charge is -2.09. The van der Waals surface area contributed by atoms with Gasteiger partial charge in [0.25, 0.3) is 5.91 Å². The highest BCUT2D eigenvalue weighted by atomic mass is 19.2. The van der Waals surface area contributed by atoms with E-state index in [-0.39, 0.29) is 12.5 Å². The molecule has 0 fully saturated rings. The lowest BCUT2D eigenvalue weighted by atomic mass is 10.2. The van der Waals surface area contributed by atoms with Crippen LogP contribution < -0.4 is 20.1 Å². The molecule has 0 saturated carbocycles. The largest absolute Gasteiger partial charge is 0.454 e. The molecule has 2 heterocycles. The van der Waals surface area contributed by atoms with Gasteiger partial charge in [-0.1, -0.05) is 0 Å². The van der Waals surface area contributed by atoms with Crippen molar-refractivity contribution in [2.75, 3.05) is 17.4 Å². The first-order valence-electron chi connectivity index (χ1n) is 8.09. The van der Waals surface area contributed by atoms with Crippen LogP contribution in [0.4, 0.5) is 30.4 Å². The number of hydrogen-bond acceptors (Lipinski definition) is 5. The van der Waals surface area contributed by atoms with Crippen molar-refractivity contribution < 1.29 is 27.4 Å². The minimum absolute atomic E-state index is 0.171. The third-order valence-electron chi connectivity index (χ3n) is 3.95. The molecule has 6 nitrogen and oxygen atoms in total. The molecule has 1 aliphatic heterocycles. The summed E-state index contributed by atoms with van der Waals surface area (Å²) in [6.07, 6.45) is 1.34. The summed E-state index contributed by atoms with van der Waals surface area (Å²) >= 11 is 0. The van der Waals surface area contributed by atoms with Crippen LogP contribution in [0.3, 0.4) is 0 Å². The number of fused-ring (bicyclic) bond motifs is 1. The van der Waals surface area contributed by atoms with Crippen LogP contribution in [0, 0.1) is 17.5 Å². The molecule has 3 aromatic rings. The Bertz CT molecular complexity index is 1060. The number of anilines is 3. The second kappa shape index (κ2) is 7.10. The fourth-order valence-electron chi connectivity index (χ4n) is 2.56. The van der Waals surface area contributed by atoms with Crippen LogP contribution in [-0.2, 0) is 0 Å². The molecule has 142 valence electrons. The molecule has 0 bridgehead atoms. The van der Waals surface area contributed by atoms with Gasteiger partial charge in [-0.3, -0.25) is 4.79 Å². The summed E-state index contributed by atoms with van der Waals surface area (Å²) in [5, 5.41) is 5.43. The molecule has 1 aromatic heterocycles. The second-order valence-electron chi connectivity index (χ2n) is 5.80. The molecular formula is C19H12F3N3O3. The summed E-state index contributed by atoms with van der Waals surface area (Å²) < 4.78 is 50.5. The number of amides is 1. The first-order chi connectivity index (χ1) is 13.5. The number of aromatic nitrogens is 1. The molecule has 0 spiro atoms. The zero-order valence-corrected chi connectivity index (χ0v) is 14.1. The third-order valence-corrected chi connectivity index (χ3v) is 3.95. The van der Waals surface area contributed by atoms with E-state index in [0.29, 0.717) is 23.4 Å². The maximum absolute atomic E-state index is 13.7. The molecule has 4 rings (SSSR count). The number of carbonyl (C=O) groups is 1. The van der Waals surface area contributed by atoms with Crippen molar-refractivity contribution in [2.24, 2.45) is 0 Å². The number of nitrogens with zero attached hydrogens (tertiary/aromatic N) is 1. The van der Waals surface area contributed by atoms with Gasteiger partial charge in [-0.05, 0) is 36.4 Å². The fourth-order valence-corrected chi connectivity index (χ4v) is 2.56. The normalized spacial score (nSPS) is 12.0. The number of hydrogen-bond donors (Lipinski definition) is 2. The van der Waals surface area contributed by atoms with E-state index in [1.165, 1.54) is 12.3 Å². The molecule has 1 aliphatic rings. The number of carbonyl (C=O) groups excluding carboxylic acids is 1. The monoisotopic (exact) mass is 387 g/mol. The van der Waals surface area contributed by atoms with E-state index in [2.05, 4.69) is 15.6 Å². The first kappa shape index (κ1) is 17.7. The van der Waals surface area contributed by atoms with Gasteiger partial charge in [0.05, 0.1) is 17.4 Å². The van der Waals surface area contributed by atoms with Gasteiger partial charge in [0.1, 0.15) is 5.82 Å². The lowest BCUT2D eigenvalue weighted by Crippen LogP contribution is -2.15. The summed E-state index contributed by atoms with van der Waals surface area (Å²) in [4.78, 5) is 16.2. The molecule has 9 heteroatoms. The highest BCUT2D eigenvalue weighted by Gasteiger charge is 2.19. The van der Waals surface area contributed by atoms with Crippen molar-refractivity contribution in [3.8, 4) is 11.5 Å². The van der Waals surface area contributed by atoms with Crippen molar-refractivity contribution in [1.82, 2.24) is 4.98 Å². The van der Waals surface area contributed by atoms with Gasteiger partial charge in [-0.2, -0.15) is 0 Å². The number of rotatable bonds is 4. The smallest absolute Gasteiger partial charge is 0.258 e. The van der Waals surface area contributed by atoms with E-state index >= 15 is 0 Å². The number of pyridine rings is 1. The summed E-state index contributed by atoms with van der Waals surface area (Å²) in [7, 11) is 0. The van der Waals surface area contributed by atoms with E-state index in [0.717, 1.165) is 11.8 Å². The summed E-state index contributed by atoms with van der Waals surface area (Å²) in [6, 6.07) is 9.97. The average Bonchev–Trinajstić information content (AvgIpc) is 3.15. The van der Waals surface area contributed by atoms with Gasteiger partial charge in [0.2, 0.25) is 6.79 Å². The van der Waals surface area contributed by atoms with Gasteiger partial charge in [-0.15, -0.1) is 0 Å². The van der Waals surface area contributed by atoms with Crippen LogP contribution in [0.5, 0.6) is 11.5 Å². The first-order valence-corrected chi connectivity index (χ1v) is 8.09. The van der Waals surface area contributed by atoms with Gasteiger partial charge < -0.3 is 20.1 Å². The van der Waals surface area contributed by atoms with E-state index in [1.54, 1.807) is 24.3 Å². The molecule has 0 atom stereocenters. The predicted molar refractivity (Wildman–Crippen MR) is 94.4 cm³/mol. The summed E-state index contributed by atoms with van der Waals surface area (Å²) in [5.74, 6) is -3.79. The molecule has 2 N–H and O–H groups in total. The zero-order chi connectivity index (χ0) is 19.7. The highest BCUT2D eigenvalue weighted by molar-refractivity contribution is 6.04. The number of benzene rings is 2. The maximum Gasteiger partial charge on any atom is 0.258 e. The van der Waals surface area contributed by atoms with E-state index in [4.69, 9.17) is 9.47 Å². The predicted octanol–water partition coefficient (Wildman–Crippen LogP) is 4.22. The summed E-state index contributed by atoms with van der Waals surface area (Å²) in [6.45, 7) is 0.171. The van der Waals surface area contributed by atoms with Crippen molar-refractivity contribution in [3.63, 3.8) is 0 Å². The van der Waals surface area contributed by atoms with Crippen molar-refractivity contribution in [1.29, 1.82) is 0 Å². The molecule has 0 aliphatic carbocycles. The fraction of sp³-hybridized carbons (Fsp3) is 0.0526. The second-order valence-corrected chi connectivity index (χ2v) is 5.80. The SMILES string of the molecule is O=C(Nc1ccc(Nc2ccc3c(c2)OCO3)nc1)c1ccc(F)c(F)c1F. The Kier molecular flexibility index (Phi) is 4.48. The van der Waals surface area contributed by atoms with Crippen LogP contribution in [0.25, 0.3) is 0 Å². The number of halogens is 3. The number of ether oxygens (including phenoxy) is 2. The molecule has 0 unspecified atom stereocenters. The molecule has 0 saturated heterocycles. The zero-order valence-electron chi connectivity index (χ0n) is 14.1. The lowest BCUT2D eigenvalue weighted by molar-refractivity contribution is 0.102. The Labute approximate surface area is 156 Å². The molecule has 0 radical (unpaired) electrons. The highest BCUT2D eigenvalue weighted by Crippen LogP contribution is 2.34. The minimum Gasteiger partial charge on any atom is -0.454 e. The van der Waals surface area contributed by atoms with Crippen LogP contribution in [0.2, 0.25) is 0 Å². The molecule has 1 amide bonds. The quantitative estimate of drug-likeness (QED) is 0.656. The number of nitrogens with one attached hydrogen (secondary N) is 2. The van der Waals surface area contributed by atoms with Crippen LogP contribution in [-0.4, -0.2) is 17.7 Å². The van der Waals surface area contributed by atoms with Crippen LogP contribution in [0.15, 0.2) is 48.7 Å². The van der Waals surface area contributed by atoms with Crippen LogP contribution in [0.1, 0.15) is 10.4 Å². The topological polar surface area (TPSA) is 72.5 Å². The van der Waals surface area contributed by atoms with Gasteiger partial charge in [0, 0.05) is 11.8 Å². The average molecular weight is 387 g/mol. The van der Waals surface area contributed by atoms with Gasteiger partial charge >= 0.3 is 0 Å². The van der Waals surface area contributed by atoms with Gasteiger partial charge in [-0.25, -0.2) is 18.2 Å². The van der Waals surface area contributed by atoms with Crippen molar-refractivity contribution in [2.45, 2.75) is 0 Å². The van der Waals surface area contributed by atoms with E-state index in [1.807, 2.05) is 0 Å².